The molecule has 0 atom stereocenters. The average molecular weight is 317 g/mol. The van der Waals surface area contributed by atoms with Crippen molar-refractivity contribution in [1.82, 2.24) is 4.98 Å². The summed E-state index contributed by atoms with van der Waals surface area (Å²) in [5.74, 6) is -0.150. The lowest BCUT2D eigenvalue weighted by Crippen LogP contribution is -2.54. The van der Waals surface area contributed by atoms with E-state index in [2.05, 4.69) is 10.3 Å². The van der Waals surface area contributed by atoms with Crippen molar-refractivity contribution in [1.29, 1.82) is 0 Å². The molecule has 3 N–H and O–H groups in total. The number of aromatic nitrogens is 1. The van der Waals surface area contributed by atoms with Crippen molar-refractivity contribution < 1.29 is 9.53 Å². The van der Waals surface area contributed by atoms with Crippen molar-refractivity contribution in [2.24, 2.45) is 5.73 Å². The molecule has 0 bridgehead atoms. The minimum atomic E-state index is -0.841. The number of rotatable bonds is 3. The summed E-state index contributed by atoms with van der Waals surface area (Å²) in [5, 5.41) is 5.88. The minimum absolute atomic E-state index is 0.150. The highest BCUT2D eigenvalue weighted by Gasteiger charge is 2.35. The molecule has 3 rings (SSSR count). The van der Waals surface area contributed by atoms with E-state index in [1.54, 1.807) is 11.3 Å². The number of nitrogens with two attached hydrogens (primary N) is 1. The van der Waals surface area contributed by atoms with Crippen molar-refractivity contribution in [2.75, 3.05) is 18.5 Å². The standard InChI is InChI=1S/C16H19N3O2S/c1-11-10-22-14(18-11)12-3-2-4-13(9-12)19-15(20)16(17)5-7-21-8-6-16/h2-4,9-10H,5-8,17H2,1H3,(H,19,20). The number of hydrogen-bond donors (Lipinski definition) is 2. The van der Waals surface area contributed by atoms with Crippen LogP contribution in [0.5, 0.6) is 0 Å². The number of anilines is 1. The van der Waals surface area contributed by atoms with Crippen LogP contribution in [0.2, 0.25) is 0 Å². The number of benzene rings is 1. The maximum absolute atomic E-state index is 12.4. The van der Waals surface area contributed by atoms with Gasteiger partial charge in [-0.25, -0.2) is 4.98 Å². The minimum Gasteiger partial charge on any atom is -0.381 e. The molecule has 0 radical (unpaired) electrons. The fourth-order valence-corrected chi connectivity index (χ4v) is 3.23. The molecule has 0 aliphatic carbocycles. The SMILES string of the molecule is Cc1csc(-c2cccc(NC(=O)C3(N)CCOCC3)c2)n1. The van der Waals surface area contributed by atoms with Crippen LogP contribution in [0.3, 0.4) is 0 Å². The van der Waals surface area contributed by atoms with E-state index in [9.17, 15) is 4.79 Å². The van der Waals surface area contributed by atoms with Crippen molar-refractivity contribution >= 4 is 22.9 Å². The molecule has 1 aromatic carbocycles. The first-order valence-corrected chi connectivity index (χ1v) is 8.15. The van der Waals surface area contributed by atoms with Crippen LogP contribution in [-0.4, -0.2) is 29.6 Å². The summed E-state index contributed by atoms with van der Waals surface area (Å²) in [6.45, 7) is 3.03. The van der Waals surface area contributed by atoms with Gasteiger partial charge in [0.15, 0.2) is 0 Å². The zero-order chi connectivity index (χ0) is 15.6. The van der Waals surface area contributed by atoms with Gasteiger partial charge in [-0.05, 0) is 31.9 Å². The van der Waals surface area contributed by atoms with Gasteiger partial charge in [0.2, 0.25) is 5.91 Å². The summed E-state index contributed by atoms with van der Waals surface area (Å²) in [5.41, 5.74) is 8.09. The number of ether oxygens (including phenoxy) is 1. The Hall–Kier alpha value is -1.76. The maximum Gasteiger partial charge on any atom is 0.244 e. The average Bonchev–Trinajstić information content (AvgIpc) is 2.95. The largest absolute Gasteiger partial charge is 0.381 e. The number of carbonyl (C=O) groups is 1. The highest BCUT2D eigenvalue weighted by Crippen LogP contribution is 2.27. The third-order valence-corrected chi connectivity index (χ3v) is 4.83. The maximum atomic E-state index is 12.4. The van der Waals surface area contributed by atoms with Gasteiger partial charge in [-0.15, -0.1) is 11.3 Å². The number of nitrogens with one attached hydrogen (secondary N) is 1. The van der Waals surface area contributed by atoms with Crippen molar-refractivity contribution in [3.8, 4) is 10.6 Å². The molecule has 0 saturated carbocycles. The fourth-order valence-electron chi connectivity index (χ4n) is 2.43. The topological polar surface area (TPSA) is 77.2 Å². The van der Waals surface area contributed by atoms with Crippen LogP contribution in [-0.2, 0) is 9.53 Å². The quantitative estimate of drug-likeness (QED) is 0.912. The molecular formula is C16H19N3O2S. The number of carbonyl (C=O) groups excluding carboxylic acids is 1. The summed E-state index contributed by atoms with van der Waals surface area (Å²) in [6.07, 6.45) is 1.09. The van der Waals surface area contributed by atoms with Crippen LogP contribution < -0.4 is 11.1 Å². The molecule has 0 spiro atoms. The molecular weight excluding hydrogens is 298 g/mol. The summed E-state index contributed by atoms with van der Waals surface area (Å²) < 4.78 is 5.28. The van der Waals surface area contributed by atoms with Gasteiger partial charge in [0.1, 0.15) is 10.5 Å². The van der Waals surface area contributed by atoms with E-state index in [0.29, 0.717) is 26.1 Å². The Balaban J connectivity index is 1.76. The summed E-state index contributed by atoms with van der Waals surface area (Å²) >= 11 is 1.59. The number of hydrogen-bond acceptors (Lipinski definition) is 5. The lowest BCUT2D eigenvalue weighted by atomic mass is 9.90. The molecule has 22 heavy (non-hydrogen) atoms. The first-order chi connectivity index (χ1) is 10.6. The molecule has 116 valence electrons. The first-order valence-electron chi connectivity index (χ1n) is 7.27. The van der Waals surface area contributed by atoms with Crippen molar-refractivity contribution in [2.45, 2.75) is 25.3 Å². The van der Waals surface area contributed by atoms with E-state index in [1.165, 1.54) is 0 Å². The predicted octanol–water partition coefficient (Wildman–Crippen LogP) is 2.56. The van der Waals surface area contributed by atoms with Gasteiger partial charge in [0.05, 0.1) is 0 Å². The van der Waals surface area contributed by atoms with Gasteiger partial charge < -0.3 is 15.8 Å². The molecule has 1 amide bonds. The van der Waals surface area contributed by atoms with E-state index >= 15 is 0 Å². The smallest absolute Gasteiger partial charge is 0.244 e. The van der Waals surface area contributed by atoms with E-state index < -0.39 is 5.54 Å². The Labute approximate surface area is 133 Å². The second-order valence-electron chi connectivity index (χ2n) is 5.60. The van der Waals surface area contributed by atoms with Crippen molar-refractivity contribution in [3.63, 3.8) is 0 Å². The van der Waals surface area contributed by atoms with Gasteiger partial charge in [-0.3, -0.25) is 4.79 Å². The summed E-state index contributed by atoms with van der Waals surface area (Å²) in [7, 11) is 0. The highest BCUT2D eigenvalue weighted by molar-refractivity contribution is 7.13. The van der Waals surface area contributed by atoms with Crippen LogP contribution in [0.4, 0.5) is 5.69 Å². The zero-order valence-corrected chi connectivity index (χ0v) is 13.3. The number of nitrogens with zero attached hydrogens (tertiary/aromatic N) is 1. The van der Waals surface area contributed by atoms with E-state index in [-0.39, 0.29) is 5.91 Å². The Kier molecular flexibility index (Phi) is 4.24. The molecule has 2 heterocycles. The number of thiazole rings is 1. The Morgan fingerprint density at radius 2 is 2.18 bits per heavy atom. The molecule has 2 aromatic rings. The van der Waals surface area contributed by atoms with Crippen LogP contribution in [0.1, 0.15) is 18.5 Å². The zero-order valence-electron chi connectivity index (χ0n) is 12.5. The Morgan fingerprint density at radius 1 is 1.41 bits per heavy atom. The van der Waals surface area contributed by atoms with Crippen LogP contribution in [0.25, 0.3) is 10.6 Å². The lowest BCUT2D eigenvalue weighted by Gasteiger charge is -2.31. The van der Waals surface area contributed by atoms with Gasteiger partial charge in [0.25, 0.3) is 0 Å². The molecule has 1 saturated heterocycles. The number of amides is 1. The Bertz CT molecular complexity index is 678. The normalized spacial score (nSPS) is 17.2. The van der Waals surface area contributed by atoms with Crippen LogP contribution in [0, 0.1) is 6.92 Å². The third-order valence-electron chi connectivity index (χ3n) is 3.82. The third kappa shape index (κ3) is 3.19. The fraction of sp³-hybridized carbons (Fsp3) is 0.375. The van der Waals surface area contributed by atoms with Gasteiger partial charge in [-0.1, -0.05) is 12.1 Å². The van der Waals surface area contributed by atoms with E-state index in [4.69, 9.17) is 10.5 Å². The molecule has 0 unspecified atom stereocenters. The molecule has 1 aliphatic heterocycles. The van der Waals surface area contributed by atoms with Crippen LogP contribution >= 0.6 is 11.3 Å². The second kappa shape index (κ2) is 6.16. The molecule has 1 aromatic heterocycles. The van der Waals surface area contributed by atoms with Gasteiger partial charge in [0, 0.05) is 35.5 Å². The van der Waals surface area contributed by atoms with Crippen molar-refractivity contribution in [3.05, 3.63) is 35.3 Å². The lowest BCUT2D eigenvalue weighted by molar-refractivity contribution is -0.124. The first kappa shape index (κ1) is 15.1. The predicted molar refractivity (Wildman–Crippen MR) is 87.9 cm³/mol. The highest BCUT2D eigenvalue weighted by atomic mass is 32.1. The number of aryl methyl sites for hydroxylation is 1. The van der Waals surface area contributed by atoms with E-state index in [0.717, 1.165) is 22.0 Å². The second-order valence-corrected chi connectivity index (χ2v) is 6.46. The molecule has 5 nitrogen and oxygen atoms in total. The summed E-state index contributed by atoms with van der Waals surface area (Å²) in [4.78, 5) is 16.9. The summed E-state index contributed by atoms with van der Waals surface area (Å²) in [6, 6.07) is 7.69. The monoisotopic (exact) mass is 317 g/mol. The molecule has 6 heteroatoms. The molecule has 1 fully saturated rings. The van der Waals surface area contributed by atoms with Crippen LogP contribution in [0.15, 0.2) is 29.6 Å². The molecule has 1 aliphatic rings. The Morgan fingerprint density at radius 3 is 2.86 bits per heavy atom. The van der Waals surface area contributed by atoms with E-state index in [1.807, 2.05) is 36.6 Å². The van der Waals surface area contributed by atoms with Gasteiger partial charge >= 0.3 is 0 Å². The van der Waals surface area contributed by atoms with Gasteiger partial charge in [-0.2, -0.15) is 0 Å².